The third-order valence-corrected chi connectivity index (χ3v) is 6.72. The molecule has 0 N–H and O–H groups in total. The Balaban J connectivity index is 1.46. The minimum Gasteiger partial charge on any atom is -0.340 e. The van der Waals surface area contributed by atoms with Crippen molar-refractivity contribution in [3.05, 3.63) is 52.1 Å². The van der Waals surface area contributed by atoms with E-state index in [1.165, 1.54) is 5.56 Å². The highest BCUT2D eigenvalue weighted by Gasteiger charge is 2.32. The van der Waals surface area contributed by atoms with Crippen LogP contribution in [0.15, 0.2) is 22.7 Å². The third-order valence-electron chi connectivity index (χ3n) is 6.49. The Labute approximate surface area is 181 Å². The van der Waals surface area contributed by atoms with Crippen molar-refractivity contribution in [3.8, 4) is 5.69 Å². The molecule has 1 aliphatic carbocycles. The number of halogens is 1. The molecule has 3 aromatic rings. The van der Waals surface area contributed by atoms with Crippen LogP contribution in [0.2, 0.25) is 5.02 Å². The first-order chi connectivity index (χ1) is 14.5. The predicted molar refractivity (Wildman–Crippen MR) is 114 cm³/mol. The molecule has 1 fully saturated rings. The molecule has 1 aromatic carbocycles. The zero-order valence-corrected chi connectivity index (χ0v) is 18.4. The van der Waals surface area contributed by atoms with Crippen LogP contribution in [0.4, 0.5) is 0 Å². The second kappa shape index (κ2) is 7.78. The van der Waals surface area contributed by atoms with E-state index in [1.54, 1.807) is 0 Å². The van der Waals surface area contributed by atoms with E-state index >= 15 is 0 Å². The summed E-state index contributed by atoms with van der Waals surface area (Å²) in [6.45, 7) is 7.93. The fourth-order valence-corrected chi connectivity index (χ4v) is 4.97. The van der Waals surface area contributed by atoms with Gasteiger partial charge in [-0.2, -0.15) is 4.98 Å². The van der Waals surface area contributed by atoms with Gasteiger partial charge in [0.15, 0.2) is 11.6 Å². The Morgan fingerprint density at radius 3 is 2.53 bits per heavy atom. The second-order valence-electron chi connectivity index (χ2n) is 8.80. The quantitative estimate of drug-likeness (QED) is 0.600. The van der Waals surface area contributed by atoms with Crippen LogP contribution in [0.5, 0.6) is 0 Å². The second-order valence-corrected chi connectivity index (χ2v) is 9.24. The topological polar surface area (TPSA) is 72.9 Å². The molecule has 0 bridgehead atoms. The van der Waals surface area contributed by atoms with Crippen molar-refractivity contribution in [2.45, 2.75) is 77.4 Å². The highest BCUT2D eigenvalue weighted by Crippen LogP contribution is 2.40. The van der Waals surface area contributed by atoms with Gasteiger partial charge in [-0.05, 0) is 63.3 Å². The maximum atomic E-state index is 6.34. The van der Waals surface area contributed by atoms with Crippen molar-refractivity contribution in [1.29, 1.82) is 0 Å². The van der Waals surface area contributed by atoms with Gasteiger partial charge in [-0.3, -0.25) is 9.47 Å². The lowest BCUT2D eigenvalue weighted by molar-refractivity contribution is 0.201. The Hall–Kier alpha value is -2.25. The smallest absolute Gasteiger partial charge is 0.223 e. The maximum Gasteiger partial charge on any atom is 0.223 e. The molecule has 2 aliphatic rings. The van der Waals surface area contributed by atoms with Crippen molar-refractivity contribution in [1.82, 2.24) is 29.8 Å². The first kappa shape index (κ1) is 19.7. The van der Waals surface area contributed by atoms with Crippen molar-refractivity contribution < 1.29 is 4.52 Å². The zero-order chi connectivity index (χ0) is 20.8. The molecular formula is C22H27ClN6O. The number of hydrogen-bond donors (Lipinski definition) is 0. The number of rotatable bonds is 3. The largest absolute Gasteiger partial charge is 0.340 e. The summed E-state index contributed by atoms with van der Waals surface area (Å²) in [7, 11) is 0. The number of benzene rings is 1. The SMILES string of the molecule is Cc1nc([C@H]2CC[C@H](c3nnc4n3-c3ccc(Cl)cc3CN(C(C)C)C4)CC2)no1. The third kappa shape index (κ3) is 3.54. The summed E-state index contributed by atoms with van der Waals surface area (Å²) in [6, 6.07) is 6.58. The Bertz CT molecular complexity index is 1050. The van der Waals surface area contributed by atoms with Crippen LogP contribution in [0.3, 0.4) is 0 Å². The minimum absolute atomic E-state index is 0.368. The number of hydrogen-bond acceptors (Lipinski definition) is 6. The fraction of sp³-hybridized carbons (Fsp3) is 0.545. The molecule has 0 saturated heterocycles. The van der Waals surface area contributed by atoms with Gasteiger partial charge in [-0.25, -0.2) is 0 Å². The van der Waals surface area contributed by atoms with Gasteiger partial charge in [0.2, 0.25) is 5.89 Å². The molecule has 8 heteroatoms. The maximum absolute atomic E-state index is 6.34. The van der Waals surface area contributed by atoms with Crippen LogP contribution < -0.4 is 0 Å². The van der Waals surface area contributed by atoms with Crippen molar-refractivity contribution in [3.63, 3.8) is 0 Å². The summed E-state index contributed by atoms with van der Waals surface area (Å²) < 4.78 is 7.47. The van der Waals surface area contributed by atoms with Crippen molar-refractivity contribution in [2.75, 3.05) is 0 Å². The molecule has 0 radical (unpaired) electrons. The summed E-state index contributed by atoms with van der Waals surface area (Å²) >= 11 is 6.34. The van der Waals surface area contributed by atoms with Crippen LogP contribution in [0.25, 0.3) is 5.69 Å². The number of aromatic nitrogens is 5. The molecule has 7 nitrogen and oxygen atoms in total. The highest BCUT2D eigenvalue weighted by atomic mass is 35.5. The molecule has 2 aromatic heterocycles. The lowest BCUT2D eigenvalue weighted by Crippen LogP contribution is -2.29. The first-order valence-electron chi connectivity index (χ1n) is 10.8. The molecule has 158 valence electrons. The average Bonchev–Trinajstić information content (AvgIpc) is 3.30. The van der Waals surface area contributed by atoms with Gasteiger partial charge < -0.3 is 4.52 Å². The zero-order valence-electron chi connectivity index (χ0n) is 17.7. The van der Waals surface area contributed by atoms with Crippen LogP contribution in [0.1, 0.15) is 80.3 Å². The molecule has 0 unspecified atom stereocenters. The highest BCUT2D eigenvalue weighted by molar-refractivity contribution is 6.30. The van der Waals surface area contributed by atoms with Crippen LogP contribution in [-0.2, 0) is 13.1 Å². The van der Waals surface area contributed by atoms with E-state index < -0.39 is 0 Å². The van der Waals surface area contributed by atoms with E-state index in [4.69, 9.17) is 16.1 Å². The molecule has 0 spiro atoms. The summed E-state index contributed by atoms with van der Waals surface area (Å²) in [5.41, 5.74) is 2.39. The molecule has 5 rings (SSSR count). The molecule has 3 heterocycles. The van der Waals surface area contributed by atoms with Gasteiger partial charge in [0.1, 0.15) is 5.82 Å². The molecule has 0 atom stereocenters. The normalized spacial score (nSPS) is 22.0. The monoisotopic (exact) mass is 426 g/mol. The molecule has 30 heavy (non-hydrogen) atoms. The number of fused-ring (bicyclic) bond motifs is 3. The number of nitrogens with zero attached hydrogens (tertiary/aromatic N) is 6. The van der Waals surface area contributed by atoms with E-state index in [1.807, 2.05) is 13.0 Å². The molecule has 1 saturated carbocycles. The standard InChI is InChI=1S/C22H27ClN6O/c1-13(2)28-11-17-10-18(23)8-9-19(17)29-20(12-28)25-26-22(29)16-6-4-15(5-7-16)21-24-14(3)30-27-21/h8-10,13,15-16H,4-7,11-12H2,1-3H3/t15-,16-. The van der Waals surface area contributed by atoms with E-state index in [0.29, 0.717) is 23.8 Å². The van der Waals surface area contributed by atoms with Gasteiger partial charge in [0.05, 0.1) is 12.2 Å². The summed E-state index contributed by atoms with van der Waals surface area (Å²) in [5, 5.41) is 14.2. The first-order valence-corrected chi connectivity index (χ1v) is 11.1. The Kier molecular flexibility index (Phi) is 5.11. The lowest BCUT2D eigenvalue weighted by Gasteiger charge is -2.26. The molecule has 0 amide bonds. The minimum atomic E-state index is 0.368. The molecule has 1 aliphatic heterocycles. The van der Waals surface area contributed by atoms with Gasteiger partial charge in [-0.1, -0.05) is 16.8 Å². The van der Waals surface area contributed by atoms with Crippen LogP contribution in [0, 0.1) is 6.92 Å². The van der Waals surface area contributed by atoms with Gasteiger partial charge >= 0.3 is 0 Å². The van der Waals surface area contributed by atoms with E-state index in [2.05, 4.69) is 55.8 Å². The summed E-state index contributed by atoms with van der Waals surface area (Å²) in [6.07, 6.45) is 4.18. The van der Waals surface area contributed by atoms with Crippen LogP contribution >= 0.6 is 11.6 Å². The Morgan fingerprint density at radius 1 is 1.07 bits per heavy atom. The van der Waals surface area contributed by atoms with Crippen molar-refractivity contribution >= 4 is 11.6 Å². The Morgan fingerprint density at radius 2 is 1.83 bits per heavy atom. The van der Waals surface area contributed by atoms with Gasteiger partial charge in [-0.15, -0.1) is 10.2 Å². The summed E-state index contributed by atoms with van der Waals surface area (Å²) in [5.74, 6) is 4.31. The summed E-state index contributed by atoms with van der Waals surface area (Å²) in [4.78, 5) is 6.86. The van der Waals surface area contributed by atoms with Gasteiger partial charge in [0.25, 0.3) is 0 Å². The lowest BCUT2D eigenvalue weighted by atomic mass is 9.81. The van der Waals surface area contributed by atoms with E-state index in [9.17, 15) is 0 Å². The van der Waals surface area contributed by atoms with E-state index in [0.717, 1.165) is 67.0 Å². The number of aryl methyl sites for hydroxylation is 1. The molecular weight excluding hydrogens is 400 g/mol. The predicted octanol–water partition coefficient (Wildman–Crippen LogP) is 4.78. The van der Waals surface area contributed by atoms with Gasteiger partial charge in [0, 0.05) is 36.4 Å². The average molecular weight is 427 g/mol. The fourth-order valence-electron chi connectivity index (χ4n) is 4.77. The van der Waals surface area contributed by atoms with Crippen LogP contribution in [-0.4, -0.2) is 35.8 Å². The van der Waals surface area contributed by atoms with Crippen molar-refractivity contribution in [2.24, 2.45) is 0 Å². The van der Waals surface area contributed by atoms with E-state index in [-0.39, 0.29) is 0 Å².